The molecule has 11 heteroatoms. The Labute approximate surface area is 181 Å². The Morgan fingerprint density at radius 3 is 2.74 bits per heavy atom. The van der Waals surface area contributed by atoms with Crippen molar-refractivity contribution in [3.8, 4) is 11.3 Å². The first-order valence-electron chi connectivity index (χ1n) is 9.45. The van der Waals surface area contributed by atoms with Crippen LogP contribution in [0.2, 0.25) is 5.02 Å². The maximum Gasteiger partial charge on any atom is 0.416 e. The fraction of sp³-hybridized carbons (Fsp3) is 0.300. The molecule has 1 aliphatic rings. The molecular formula is C20H18ClF2N5O3. The first-order valence-corrected chi connectivity index (χ1v) is 9.83. The molecule has 3 atom stereocenters. The predicted molar refractivity (Wildman–Crippen MR) is 109 cm³/mol. The van der Waals surface area contributed by atoms with Crippen LogP contribution in [-0.4, -0.2) is 40.0 Å². The number of anilines is 2. The molecule has 31 heavy (non-hydrogen) atoms. The van der Waals surface area contributed by atoms with Crippen LogP contribution in [0.3, 0.4) is 0 Å². The summed E-state index contributed by atoms with van der Waals surface area (Å²) < 4.78 is 38.5. The number of ether oxygens (including phenoxy) is 1. The van der Waals surface area contributed by atoms with E-state index in [2.05, 4.69) is 20.4 Å². The van der Waals surface area contributed by atoms with Crippen LogP contribution in [0.5, 0.6) is 0 Å². The fourth-order valence-corrected chi connectivity index (χ4v) is 3.25. The lowest BCUT2D eigenvalue weighted by Crippen LogP contribution is -2.40. The molecular weight excluding hydrogens is 432 g/mol. The number of rotatable bonds is 6. The number of aromatic nitrogens is 3. The number of amides is 1. The van der Waals surface area contributed by atoms with E-state index < -0.39 is 30.2 Å². The van der Waals surface area contributed by atoms with Crippen LogP contribution in [0.25, 0.3) is 11.3 Å². The van der Waals surface area contributed by atoms with E-state index >= 15 is 0 Å². The highest BCUT2D eigenvalue weighted by molar-refractivity contribution is 6.30. The highest BCUT2D eigenvalue weighted by Crippen LogP contribution is 2.29. The molecule has 3 aromatic rings. The van der Waals surface area contributed by atoms with Crippen LogP contribution < -0.4 is 10.2 Å². The fourth-order valence-electron chi connectivity index (χ4n) is 3.13. The molecule has 4 rings (SSSR count). The minimum absolute atomic E-state index is 0.0323. The molecule has 1 N–H and O–H groups in total. The number of benzene rings is 1. The summed E-state index contributed by atoms with van der Waals surface area (Å²) in [5, 5.41) is 7.62. The number of nitrogens with one attached hydrogen (secondary N) is 1. The quantitative estimate of drug-likeness (QED) is 0.578. The van der Waals surface area contributed by atoms with Crippen LogP contribution in [0.4, 0.5) is 25.3 Å². The van der Waals surface area contributed by atoms with Crippen LogP contribution in [0.15, 0.2) is 41.1 Å². The Bertz CT molecular complexity index is 1090. The molecule has 1 fully saturated rings. The van der Waals surface area contributed by atoms with Gasteiger partial charge in [0.15, 0.2) is 17.4 Å². The molecule has 2 aromatic heterocycles. The topological polar surface area (TPSA) is 93.4 Å². The van der Waals surface area contributed by atoms with Gasteiger partial charge in [-0.05, 0) is 38.1 Å². The molecule has 1 unspecified atom stereocenters. The highest BCUT2D eigenvalue weighted by atomic mass is 35.5. The number of hydrogen-bond donors (Lipinski definition) is 1. The normalized spacial score (nSPS) is 18.0. The van der Waals surface area contributed by atoms with Gasteiger partial charge in [0.1, 0.15) is 24.5 Å². The summed E-state index contributed by atoms with van der Waals surface area (Å²) in [6.07, 6.45) is -1.39. The predicted octanol–water partition coefficient (Wildman–Crippen LogP) is 4.78. The lowest BCUT2D eigenvalue weighted by Gasteiger charge is -2.22. The molecule has 8 nitrogen and oxygen atoms in total. The Hall–Kier alpha value is -3.27. The number of hydrogen-bond acceptors (Lipinski definition) is 7. The summed E-state index contributed by atoms with van der Waals surface area (Å²) >= 11 is 5.90. The van der Waals surface area contributed by atoms with E-state index in [-0.39, 0.29) is 18.4 Å². The minimum atomic E-state index is -1.43. The van der Waals surface area contributed by atoms with Crippen LogP contribution in [0.1, 0.15) is 25.6 Å². The third-order valence-electron chi connectivity index (χ3n) is 4.84. The molecule has 1 amide bonds. The molecule has 0 radical (unpaired) electrons. The van der Waals surface area contributed by atoms with Gasteiger partial charge in [-0.3, -0.25) is 0 Å². The van der Waals surface area contributed by atoms with Gasteiger partial charge in [0, 0.05) is 16.7 Å². The molecule has 1 aliphatic heterocycles. The van der Waals surface area contributed by atoms with E-state index in [1.165, 1.54) is 6.92 Å². The molecule has 0 spiro atoms. The Morgan fingerprint density at radius 1 is 1.29 bits per heavy atom. The van der Waals surface area contributed by atoms with Gasteiger partial charge >= 0.3 is 6.09 Å². The molecule has 3 heterocycles. The van der Waals surface area contributed by atoms with Gasteiger partial charge < -0.3 is 14.6 Å². The zero-order valence-corrected chi connectivity index (χ0v) is 17.3. The average Bonchev–Trinajstić information content (AvgIpc) is 3.37. The number of halogens is 3. The average molecular weight is 450 g/mol. The molecule has 1 aromatic carbocycles. The molecule has 0 aliphatic carbocycles. The largest absolute Gasteiger partial charge is 0.447 e. The minimum Gasteiger partial charge on any atom is -0.447 e. The van der Waals surface area contributed by atoms with E-state index in [0.29, 0.717) is 16.5 Å². The van der Waals surface area contributed by atoms with Gasteiger partial charge in [0.2, 0.25) is 5.95 Å². The summed E-state index contributed by atoms with van der Waals surface area (Å²) in [6.45, 7) is 2.86. The van der Waals surface area contributed by atoms with Gasteiger partial charge in [-0.15, -0.1) is 0 Å². The maximum absolute atomic E-state index is 14.3. The van der Waals surface area contributed by atoms with Crippen molar-refractivity contribution in [2.45, 2.75) is 32.1 Å². The van der Waals surface area contributed by atoms with Gasteiger partial charge in [0.25, 0.3) is 0 Å². The zero-order chi connectivity index (χ0) is 22.1. The van der Waals surface area contributed by atoms with Crippen molar-refractivity contribution >= 4 is 29.5 Å². The van der Waals surface area contributed by atoms with E-state index in [4.69, 9.17) is 20.9 Å². The first kappa shape index (κ1) is 21.0. The summed E-state index contributed by atoms with van der Waals surface area (Å²) in [7, 11) is 0. The van der Waals surface area contributed by atoms with Gasteiger partial charge in [-0.2, -0.15) is 4.98 Å². The van der Waals surface area contributed by atoms with Crippen molar-refractivity contribution < 1.29 is 22.8 Å². The Balaban J connectivity index is 1.54. The lowest BCUT2D eigenvalue weighted by molar-refractivity contribution is 0.174. The van der Waals surface area contributed by atoms with E-state index in [9.17, 15) is 13.6 Å². The molecule has 0 saturated carbocycles. The third-order valence-corrected chi connectivity index (χ3v) is 5.09. The van der Waals surface area contributed by atoms with Crippen molar-refractivity contribution in [3.05, 3.63) is 53.1 Å². The monoisotopic (exact) mass is 449 g/mol. The first-order chi connectivity index (χ1) is 14.8. The number of cyclic esters (lactones) is 1. The van der Waals surface area contributed by atoms with Crippen molar-refractivity contribution in [1.29, 1.82) is 0 Å². The van der Waals surface area contributed by atoms with Crippen molar-refractivity contribution in [3.63, 3.8) is 0 Å². The van der Waals surface area contributed by atoms with Gasteiger partial charge in [-0.25, -0.2) is 23.5 Å². The maximum atomic E-state index is 14.3. The van der Waals surface area contributed by atoms with Crippen LogP contribution in [-0.2, 0) is 4.74 Å². The second kappa shape index (κ2) is 8.46. The number of carbonyl (C=O) groups excluding carboxylic acids is 1. The lowest BCUT2D eigenvalue weighted by atomic mass is 10.1. The van der Waals surface area contributed by atoms with Crippen LogP contribution >= 0.6 is 11.6 Å². The number of alkyl halides is 1. The number of nitrogens with zero attached hydrogens (tertiary/aromatic N) is 4. The summed E-state index contributed by atoms with van der Waals surface area (Å²) in [6, 6.07) is 7.44. The van der Waals surface area contributed by atoms with Crippen LogP contribution in [0, 0.1) is 5.82 Å². The summed E-state index contributed by atoms with van der Waals surface area (Å²) in [4.78, 5) is 20.8. The van der Waals surface area contributed by atoms with Crippen molar-refractivity contribution in [1.82, 2.24) is 15.1 Å². The summed E-state index contributed by atoms with van der Waals surface area (Å²) in [5.74, 6) is -0.650. The Morgan fingerprint density at radius 2 is 2.03 bits per heavy atom. The second-order valence-electron chi connectivity index (χ2n) is 7.05. The van der Waals surface area contributed by atoms with E-state index in [1.807, 2.05) is 0 Å². The third kappa shape index (κ3) is 4.29. The number of carbonyl (C=O) groups is 1. The van der Waals surface area contributed by atoms with Crippen molar-refractivity contribution in [2.75, 3.05) is 16.8 Å². The van der Waals surface area contributed by atoms with Gasteiger partial charge in [-0.1, -0.05) is 16.8 Å². The standard InChI is InChI=1S/C20H18ClF2N5O3/c1-10(22)16-9-30-20(29)28(16)18-14(23)8-24-19(26-18)25-11(2)15-7-17(31-27-15)12-3-5-13(21)6-4-12/h3-8,10-11,16H,9H2,1-2H3,(H,24,25,26)/t10-,11+,16?/m1/s1. The second-order valence-corrected chi connectivity index (χ2v) is 7.48. The summed E-state index contributed by atoms with van der Waals surface area (Å²) in [5.41, 5.74) is 1.35. The Kier molecular flexibility index (Phi) is 5.73. The SMILES string of the molecule is C[C@H](Nc1ncc(F)c(N2C(=O)OCC2[C@@H](C)F)n1)c1cc(-c2ccc(Cl)cc2)on1. The van der Waals surface area contributed by atoms with Crippen molar-refractivity contribution in [2.24, 2.45) is 0 Å². The van der Waals surface area contributed by atoms with E-state index in [0.717, 1.165) is 16.7 Å². The molecule has 1 saturated heterocycles. The molecule has 162 valence electrons. The smallest absolute Gasteiger partial charge is 0.416 e. The molecule has 0 bridgehead atoms. The zero-order valence-electron chi connectivity index (χ0n) is 16.6. The van der Waals surface area contributed by atoms with E-state index in [1.54, 1.807) is 37.3 Å². The van der Waals surface area contributed by atoms with Gasteiger partial charge in [0.05, 0.1) is 12.2 Å². The highest BCUT2D eigenvalue weighted by Gasteiger charge is 2.40.